The van der Waals surface area contributed by atoms with E-state index in [4.69, 9.17) is 4.74 Å². The fraction of sp³-hybridized carbons (Fsp3) is 1.00. The van der Waals surface area contributed by atoms with Gasteiger partial charge in [-0.1, -0.05) is 27.7 Å². The first-order chi connectivity index (χ1) is 7.63. The van der Waals surface area contributed by atoms with Gasteiger partial charge in [0.1, 0.15) is 0 Å². The summed E-state index contributed by atoms with van der Waals surface area (Å²) in [5, 5.41) is 3.45. The van der Waals surface area contributed by atoms with Gasteiger partial charge in [0.05, 0.1) is 0 Å². The van der Waals surface area contributed by atoms with Crippen molar-refractivity contribution < 1.29 is 4.74 Å². The first kappa shape index (κ1) is 15.9. The van der Waals surface area contributed by atoms with Gasteiger partial charge in [0.15, 0.2) is 0 Å². The van der Waals surface area contributed by atoms with Gasteiger partial charge >= 0.3 is 0 Å². The fourth-order valence-electron chi connectivity index (χ4n) is 1.54. The highest BCUT2D eigenvalue weighted by Gasteiger charge is 1.95. The Morgan fingerprint density at radius 2 is 1.56 bits per heavy atom. The molecule has 0 saturated carbocycles. The summed E-state index contributed by atoms with van der Waals surface area (Å²) in [7, 11) is 0. The largest absolute Gasteiger partial charge is 0.381 e. The lowest BCUT2D eigenvalue weighted by Gasteiger charge is -2.08. The summed E-state index contributed by atoms with van der Waals surface area (Å²) in [6, 6.07) is 0. The molecule has 2 nitrogen and oxygen atoms in total. The van der Waals surface area contributed by atoms with Gasteiger partial charge in [-0.3, -0.25) is 0 Å². The van der Waals surface area contributed by atoms with E-state index in [0.717, 1.165) is 38.1 Å². The predicted molar refractivity (Wildman–Crippen MR) is 71.8 cm³/mol. The molecule has 0 atom stereocenters. The second-order valence-corrected chi connectivity index (χ2v) is 5.45. The molecule has 0 aromatic rings. The van der Waals surface area contributed by atoms with Crippen LogP contribution in [0.2, 0.25) is 0 Å². The van der Waals surface area contributed by atoms with Gasteiger partial charge in [0.25, 0.3) is 0 Å². The van der Waals surface area contributed by atoms with E-state index in [2.05, 4.69) is 33.0 Å². The quantitative estimate of drug-likeness (QED) is 0.548. The third kappa shape index (κ3) is 13.9. The van der Waals surface area contributed by atoms with Crippen molar-refractivity contribution in [1.29, 1.82) is 0 Å². The molecular weight excluding hydrogens is 198 g/mol. The van der Waals surface area contributed by atoms with Gasteiger partial charge in [-0.05, 0) is 50.6 Å². The standard InChI is InChI=1S/C14H31NO/c1-13(2)8-7-11-16-10-6-5-9-15-12-14(3)4/h13-15H,5-12H2,1-4H3. The minimum Gasteiger partial charge on any atom is -0.381 e. The average molecular weight is 229 g/mol. The van der Waals surface area contributed by atoms with Crippen LogP contribution in [0.15, 0.2) is 0 Å². The van der Waals surface area contributed by atoms with Crippen LogP contribution < -0.4 is 5.32 Å². The molecule has 0 aromatic carbocycles. The maximum absolute atomic E-state index is 5.58. The summed E-state index contributed by atoms with van der Waals surface area (Å²) in [6.45, 7) is 13.2. The third-order valence-electron chi connectivity index (χ3n) is 2.51. The van der Waals surface area contributed by atoms with Gasteiger partial charge < -0.3 is 10.1 Å². The molecule has 0 amide bonds. The Labute approximate surface area is 102 Å². The molecule has 0 heterocycles. The average Bonchev–Trinajstić information content (AvgIpc) is 2.20. The Hall–Kier alpha value is -0.0800. The molecule has 0 rings (SSSR count). The molecule has 0 aromatic heterocycles. The van der Waals surface area contributed by atoms with Gasteiger partial charge in [-0.25, -0.2) is 0 Å². The van der Waals surface area contributed by atoms with Crippen molar-refractivity contribution in [3.63, 3.8) is 0 Å². The van der Waals surface area contributed by atoms with E-state index in [0.29, 0.717) is 0 Å². The summed E-state index contributed by atoms with van der Waals surface area (Å²) in [5.41, 5.74) is 0. The molecule has 0 radical (unpaired) electrons. The second kappa shape index (κ2) is 11.4. The molecule has 98 valence electrons. The zero-order valence-corrected chi connectivity index (χ0v) is 11.7. The molecule has 0 spiro atoms. The minimum absolute atomic E-state index is 0.757. The molecule has 0 saturated heterocycles. The normalized spacial score (nSPS) is 11.6. The van der Waals surface area contributed by atoms with Crippen LogP contribution in [-0.2, 0) is 4.74 Å². The van der Waals surface area contributed by atoms with E-state index in [1.807, 2.05) is 0 Å². The van der Waals surface area contributed by atoms with Crippen molar-refractivity contribution >= 4 is 0 Å². The van der Waals surface area contributed by atoms with Crippen LogP contribution in [0.1, 0.15) is 53.4 Å². The Bertz CT molecular complexity index is 119. The lowest BCUT2D eigenvalue weighted by atomic mass is 10.1. The molecule has 16 heavy (non-hydrogen) atoms. The number of nitrogens with one attached hydrogen (secondary N) is 1. The van der Waals surface area contributed by atoms with Crippen molar-refractivity contribution in [3.8, 4) is 0 Å². The molecular formula is C14H31NO. The molecule has 1 N–H and O–H groups in total. The smallest absolute Gasteiger partial charge is 0.0466 e. The van der Waals surface area contributed by atoms with Crippen LogP contribution in [0.5, 0.6) is 0 Å². The minimum atomic E-state index is 0.757. The summed E-state index contributed by atoms with van der Waals surface area (Å²) >= 11 is 0. The summed E-state index contributed by atoms with van der Waals surface area (Å²) < 4.78 is 5.58. The summed E-state index contributed by atoms with van der Waals surface area (Å²) in [6.07, 6.45) is 4.92. The maximum atomic E-state index is 5.58. The van der Waals surface area contributed by atoms with Gasteiger partial charge in [-0.2, -0.15) is 0 Å². The Morgan fingerprint density at radius 3 is 2.19 bits per heavy atom. The van der Waals surface area contributed by atoms with E-state index in [-0.39, 0.29) is 0 Å². The highest BCUT2D eigenvalue weighted by atomic mass is 16.5. The van der Waals surface area contributed by atoms with E-state index in [1.165, 1.54) is 25.7 Å². The van der Waals surface area contributed by atoms with Gasteiger partial charge in [-0.15, -0.1) is 0 Å². The van der Waals surface area contributed by atoms with Crippen molar-refractivity contribution in [2.75, 3.05) is 26.3 Å². The van der Waals surface area contributed by atoms with Crippen LogP contribution in [-0.4, -0.2) is 26.3 Å². The van der Waals surface area contributed by atoms with Crippen LogP contribution in [0.25, 0.3) is 0 Å². The Morgan fingerprint density at radius 1 is 0.875 bits per heavy atom. The van der Waals surface area contributed by atoms with Gasteiger partial charge in [0.2, 0.25) is 0 Å². The Kier molecular flexibility index (Phi) is 11.3. The highest BCUT2D eigenvalue weighted by molar-refractivity contribution is 4.51. The number of hydrogen-bond donors (Lipinski definition) is 1. The van der Waals surface area contributed by atoms with E-state index < -0.39 is 0 Å². The SMILES string of the molecule is CC(C)CCCOCCCCNCC(C)C. The number of hydrogen-bond acceptors (Lipinski definition) is 2. The maximum Gasteiger partial charge on any atom is 0.0466 e. The molecule has 0 aliphatic carbocycles. The van der Waals surface area contributed by atoms with Crippen molar-refractivity contribution in [1.82, 2.24) is 5.32 Å². The van der Waals surface area contributed by atoms with E-state index in [9.17, 15) is 0 Å². The van der Waals surface area contributed by atoms with Crippen LogP contribution in [0.4, 0.5) is 0 Å². The number of ether oxygens (including phenoxy) is 1. The van der Waals surface area contributed by atoms with Gasteiger partial charge in [0, 0.05) is 13.2 Å². The third-order valence-corrected chi connectivity index (χ3v) is 2.51. The molecule has 0 unspecified atom stereocenters. The highest BCUT2D eigenvalue weighted by Crippen LogP contribution is 2.03. The molecule has 0 bridgehead atoms. The van der Waals surface area contributed by atoms with E-state index in [1.54, 1.807) is 0 Å². The zero-order valence-electron chi connectivity index (χ0n) is 11.7. The predicted octanol–water partition coefficient (Wildman–Crippen LogP) is 3.47. The molecule has 2 heteroatoms. The van der Waals surface area contributed by atoms with Crippen LogP contribution in [0, 0.1) is 11.8 Å². The number of unbranched alkanes of at least 4 members (excludes halogenated alkanes) is 1. The molecule has 0 fully saturated rings. The molecule has 0 aliphatic heterocycles. The summed E-state index contributed by atoms with van der Waals surface area (Å²) in [5.74, 6) is 1.57. The zero-order chi connectivity index (χ0) is 12.2. The van der Waals surface area contributed by atoms with Crippen LogP contribution >= 0.6 is 0 Å². The fourth-order valence-corrected chi connectivity index (χ4v) is 1.54. The summed E-state index contributed by atoms with van der Waals surface area (Å²) in [4.78, 5) is 0. The number of rotatable bonds is 11. The first-order valence-corrected chi connectivity index (χ1v) is 6.91. The lowest BCUT2D eigenvalue weighted by molar-refractivity contribution is 0.124. The topological polar surface area (TPSA) is 21.3 Å². The van der Waals surface area contributed by atoms with E-state index >= 15 is 0 Å². The lowest BCUT2D eigenvalue weighted by Crippen LogP contribution is -2.20. The monoisotopic (exact) mass is 229 g/mol. The van der Waals surface area contributed by atoms with Crippen molar-refractivity contribution in [2.24, 2.45) is 11.8 Å². The van der Waals surface area contributed by atoms with Crippen LogP contribution in [0.3, 0.4) is 0 Å². The Balaban J connectivity index is 2.93. The van der Waals surface area contributed by atoms with Crippen molar-refractivity contribution in [2.45, 2.75) is 53.4 Å². The first-order valence-electron chi connectivity index (χ1n) is 6.91. The second-order valence-electron chi connectivity index (χ2n) is 5.45. The van der Waals surface area contributed by atoms with Crippen molar-refractivity contribution in [3.05, 3.63) is 0 Å². The molecule has 0 aliphatic rings.